The van der Waals surface area contributed by atoms with Crippen LogP contribution >= 0.6 is 50.2 Å². The first-order valence-corrected chi connectivity index (χ1v) is 8.33. The number of thiophene rings is 2. The van der Waals surface area contributed by atoms with Gasteiger partial charge in [-0.25, -0.2) is 0 Å². The van der Waals surface area contributed by atoms with E-state index in [9.17, 15) is 0 Å². The number of rotatable bonds is 3. The smallest absolute Gasteiger partial charge is 0.0934 e. The minimum Gasteiger partial charge on any atom is -0.305 e. The summed E-state index contributed by atoms with van der Waals surface area (Å²) in [6.45, 7) is 0.938. The van der Waals surface area contributed by atoms with Crippen molar-refractivity contribution in [3.8, 4) is 0 Å². The number of nitrogens with one attached hydrogen (secondary N) is 1. The molecule has 0 fully saturated rings. The van der Waals surface area contributed by atoms with E-state index in [4.69, 9.17) is 11.6 Å². The van der Waals surface area contributed by atoms with Gasteiger partial charge in [0.25, 0.3) is 0 Å². The minimum absolute atomic E-state index is 0.481. The first kappa shape index (κ1) is 12.2. The summed E-state index contributed by atoms with van der Waals surface area (Å²) in [7, 11) is 0. The van der Waals surface area contributed by atoms with Gasteiger partial charge in [-0.3, -0.25) is 0 Å². The molecule has 1 nitrogen and oxygen atoms in total. The van der Waals surface area contributed by atoms with Gasteiger partial charge in [-0.05, 0) is 46.5 Å². The van der Waals surface area contributed by atoms with Crippen LogP contribution in [0, 0.1) is 0 Å². The highest BCUT2D eigenvalue weighted by molar-refractivity contribution is 9.10. The Bertz CT molecular complexity index is 534. The number of hydrogen-bond acceptors (Lipinski definition) is 3. The van der Waals surface area contributed by atoms with Crippen molar-refractivity contribution in [2.45, 2.75) is 25.4 Å². The third kappa shape index (κ3) is 2.61. The Morgan fingerprint density at radius 1 is 1.47 bits per heavy atom. The zero-order valence-corrected chi connectivity index (χ0v) is 13.0. The third-order valence-electron chi connectivity index (χ3n) is 2.99. The van der Waals surface area contributed by atoms with Gasteiger partial charge in [-0.2, -0.15) is 0 Å². The number of hydrogen-bond donors (Lipinski definition) is 1. The molecule has 0 bridgehead atoms. The van der Waals surface area contributed by atoms with Crippen molar-refractivity contribution >= 4 is 50.2 Å². The topological polar surface area (TPSA) is 12.0 Å². The highest BCUT2D eigenvalue weighted by Gasteiger charge is 2.24. The lowest BCUT2D eigenvalue weighted by Crippen LogP contribution is -2.17. The van der Waals surface area contributed by atoms with Crippen molar-refractivity contribution in [1.82, 2.24) is 5.32 Å². The molecular formula is C12H11BrClNS2. The van der Waals surface area contributed by atoms with Crippen molar-refractivity contribution in [3.63, 3.8) is 0 Å². The summed E-state index contributed by atoms with van der Waals surface area (Å²) in [5.74, 6) is 0. The van der Waals surface area contributed by atoms with Gasteiger partial charge in [0, 0.05) is 32.2 Å². The van der Waals surface area contributed by atoms with Crippen molar-refractivity contribution < 1.29 is 0 Å². The number of halogens is 2. The van der Waals surface area contributed by atoms with Crippen molar-refractivity contribution in [2.24, 2.45) is 0 Å². The highest BCUT2D eigenvalue weighted by atomic mass is 79.9. The van der Waals surface area contributed by atoms with E-state index in [1.165, 1.54) is 32.6 Å². The molecule has 90 valence electrons. The molecule has 0 aliphatic heterocycles. The number of fused-ring (bicyclic) bond motifs is 1. The van der Waals surface area contributed by atoms with E-state index in [0.29, 0.717) is 6.04 Å². The van der Waals surface area contributed by atoms with Gasteiger partial charge in [-0.1, -0.05) is 11.6 Å². The Morgan fingerprint density at radius 3 is 3.12 bits per heavy atom. The predicted molar refractivity (Wildman–Crippen MR) is 79.2 cm³/mol. The molecule has 1 aliphatic rings. The molecule has 2 heterocycles. The molecule has 5 heteroatoms. The van der Waals surface area contributed by atoms with Gasteiger partial charge in [0.15, 0.2) is 0 Å². The van der Waals surface area contributed by atoms with Gasteiger partial charge in [-0.15, -0.1) is 22.7 Å². The summed E-state index contributed by atoms with van der Waals surface area (Å²) < 4.78 is 2.09. The van der Waals surface area contributed by atoms with Crippen LogP contribution in [0.3, 0.4) is 0 Å². The van der Waals surface area contributed by atoms with Crippen LogP contribution < -0.4 is 5.32 Å². The van der Waals surface area contributed by atoms with Gasteiger partial charge in [0.2, 0.25) is 0 Å². The maximum atomic E-state index is 6.05. The summed E-state index contributed by atoms with van der Waals surface area (Å²) in [6.07, 6.45) is 2.36. The zero-order chi connectivity index (χ0) is 11.8. The van der Waals surface area contributed by atoms with Crippen molar-refractivity contribution in [3.05, 3.63) is 41.6 Å². The summed E-state index contributed by atoms with van der Waals surface area (Å²) in [5, 5.41) is 5.74. The molecule has 0 radical (unpaired) electrons. The van der Waals surface area contributed by atoms with E-state index >= 15 is 0 Å². The van der Waals surface area contributed by atoms with Crippen LogP contribution in [-0.2, 0) is 13.0 Å². The molecule has 1 aliphatic carbocycles. The molecular weight excluding hydrogens is 338 g/mol. The average molecular weight is 349 g/mol. The second kappa shape index (κ2) is 5.02. The van der Waals surface area contributed by atoms with Crippen LogP contribution in [0.2, 0.25) is 4.34 Å². The van der Waals surface area contributed by atoms with Crippen LogP contribution in [-0.4, -0.2) is 0 Å². The van der Waals surface area contributed by atoms with E-state index in [1.54, 1.807) is 22.7 Å². The molecule has 2 aromatic rings. The SMILES string of the molecule is Clc1cc2c(s1)CCC2NCc1cc(Br)cs1. The minimum atomic E-state index is 0.481. The Hall–Kier alpha value is 0.130. The van der Waals surface area contributed by atoms with Crippen LogP contribution in [0.5, 0.6) is 0 Å². The van der Waals surface area contributed by atoms with Crippen molar-refractivity contribution in [1.29, 1.82) is 0 Å². The molecule has 1 unspecified atom stereocenters. The summed E-state index contributed by atoms with van der Waals surface area (Å²) in [4.78, 5) is 2.83. The Morgan fingerprint density at radius 2 is 2.35 bits per heavy atom. The molecule has 1 atom stereocenters. The zero-order valence-electron chi connectivity index (χ0n) is 9.00. The van der Waals surface area contributed by atoms with Crippen molar-refractivity contribution in [2.75, 3.05) is 0 Å². The van der Waals surface area contributed by atoms with E-state index in [-0.39, 0.29) is 0 Å². The third-order valence-corrected chi connectivity index (χ3v) is 6.03. The fraction of sp³-hybridized carbons (Fsp3) is 0.333. The molecule has 0 aromatic carbocycles. The fourth-order valence-corrected chi connectivity index (χ4v) is 4.97. The van der Waals surface area contributed by atoms with Gasteiger partial charge in [0.05, 0.1) is 4.34 Å². The van der Waals surface area contributed by atoms with E-state index < -0.39 is 0 Å². The van der Waals surface area contributed by atoms with Crippen LogP contribution in [0.25, 0.3) is 0 Å². The first-order valence-electron chi connectivity index (χ1n) is 5.47. The second-order valence-corrected chi connectivity index (χ2v) is 7.81. The highest BCUT2D eigenvalue weighted by Crippen LogP contribution is 2.39. The Labute approximate surface area is 122 Å². The maximum Gasteiger partial charge on any atom is 0.0934 e. The van der Waals surface area contributed by atoms with Gasteiger partial charge >= 0.3 is 0 Å². The van der Waals surface area contributed by atoms with Crippen LogP contribution in [0.4, 0.5) is 0 Å². The van der Waals surface area contributed by atoms with E-state index in [2.05, 4.69) is 38.8 Å². The first-order chi connectivity index (χ1) is 8.22. The maximum absolute atomic E-state index is 6.05. The quantitative estimate of drug-likeness (QED) is 0.823. The second-order valence-electron chi connectivity index (χ2n) is 4.13. The fourth-order valence-electron chi connectivity index (χ4n) is 2.21. The summed E-state index contributed by atoms with van der Waals surface area (Å²) in [5.41, 5.74) is 1.41. The normalized spacial score (nSPS) is 18.6. The molecule has 3 rings (SSSR count). The summed E-state index contributed by atoms with van der Waals surface area (Å²) >= 11 is 13.0. The van der Waals surface area contributed by atoms with E-state index in [0.717, 1.165) is 10.9 Å². The molecule has 0 saturated heterocycles. The van der Waals surface area contributed by atoms with Crippen LogP contribution in [0.1, 0.15) is 27.8 Å². The average Bonchev–Trinajstić information content (AvgIpc) is 2.92. The lowest BCUT2D eigenvalue weighted by molar-refractivity contribution is 0.533. The molecule has 2 aromatic heterocycles. The van der Waals surface area contributed by atoms with E-state index in [1.807, 2.05) is 0 Å². The molecule has 1 N–H and O–H groups in total. The monoisotopic (exact) mass is 347 g/mol. The standard InChI is InChI=1S/C12H11BrClNS2/c13-7-3-8(16-6-7)5-15-10-1-2-11-9(10)4-12(14)17-11/h3-4,6,10,15H,1-2,5H2. The molecule has 0 spiro atoms. The lowest BCUT2D eigenvalue weighted by Gasteiger charge is -2.11. The Kier molecular flexibility index (Phi) is 3.59. The largest absolute Gasteiger partial charge is 0.305 e. The molecule has 17 heavy (non-hydrogen) atoms. The predicted octanol–water partition coefficient (Wildman–Crippen LogP) is 5.00. The molecule has 0 amide bonds. The van der Waals surface area contributed by atoms with Gasteiger partial charge < -0.3 is 5.32 Å². The number of aryl methyl sites for hydroxylation is 1. The summed E-state index contributed by atoms with van der Waals surface area (Å²) in [6, 6.07) is 4.78. The van der Waals surface area contributed by atoms with Crippen LogP contribution in [0.15, 0.2) is 22.0 Å². The lowest BCUT2D eigenvalue weighted by atomic mass is 10.2. The Balaban J connectivity index is 1.67. The van der Waals surface area contributed by atoms with Gasteiger partial charge in [0.1, 0.15) is 0 Å². The molecule has 0 saturated carbocycles.